The molecule has 25 heavy (non-hydrogen) atoms. The maximum absolute atomic E-state index is 6.51. The number of fused-ring (bicyclic) bond motifs is 1. The van der Waals surface area contributed by atoms with Gasteiger partial charge in [0.05, 0.1) is 5.52 Å². The van der Waals surface area contributed by atoms with Crippen LogP contribution in [0.4, 0.5) is 0 Å². The number of rotatable bonds is 5. The number of hydrogen-bond donors (Lipinski definition) is 0. The quantitative estimate of drug-likeness (QED) is 0.551. The first-order valence-electron chi connectivity index (χ1n) is 9.07. The van der Waals surface area contributed by atoms with E-state index in [4.69, 9.17) is 11.6 Å². The normalized spacial score (nSPS) is 22.0. The highest BCUT2D eigenvalue weighted by Gasteiger charge is 2.28. The van der Waals surface area contributed by atoms with Crippen LogP contribution in [-0.4, -0.2) is 53.8 Å². The number of nitrogens with zero attached hydrogens (tertiary/aromatic N) is 3. The molecule has 1 aromatic carbocycles. The highest BCUT2D eigenvalue weighted by molar-refractivity contribution is 7.98. The number of halogens is 1. The molecule has 1 aliphatic rings. The Hall–Kier alpha value is -0.810. The third-order valence-corrected chi connectivity index (χ3v) is 6.48. The largest absolute Gasteiger partial charge is 0.303 e. The minimum atomic E-state index is 0.605. The number of likely N-dealkylation sites (tertiary alicyclic amines) is 1. The van der Waals surface area contributed by atoms with Gasteiger partial charge in [-0.25, -0.2) is 4.98 Å². The van der Waals surface area contributed by atoms with Gasteiger partial charge in [0.15, 0.2) is 0 Å². The molecule has 1 aromatic heterocycles. The van der Waals surface area contributed by atoms with Crippen molar-refractivity contribution in [2.45, 2.75) is 37.8 Å². The summed E-state index contributed by atoms with van der Waals surface area (Å²) < 4.78 is 0. The molecule has 0 spiro atoms. The molecule has 1 saturated heterocycles. The fourth-order valence-electron chi connectivity index (χ4n) is 3.95. The average Bonchev–Trinajstić information content (AvgIpc) is 2.61. The average molecular weight is 378 g/mol. The molecular formula is C20H28ClN3S. The van der Waals surface area contributed by atoms with Crippen LogP contribution < -0.4 is 0 Å². The monoisotopic (exact) mass is 377 g/mol. The van der Waals surface area contributed by atoms with Crippen molar-refractivity contribution >= 4 is 34.3 Å². The van der Waals surface area contributed by atoms with Crippen molar-refractivity contribution in [3.05, 3.63) is 35.0 Å². The molecule has 0 N–H and O–H groups in total. The van der Waals surface area contributed by atoms with Crippen molar-refractivity contribution in [3.63, 3.8) is 0 Å². The molecular weight excluding hydrogens is 350 g/mol. The minimum Gasteiger partial charge on any atom is -0.303 e. The molecule has 0 aliphatic carbocycles. The Morgan fingerprint density at radius 2 is 2.16 bits per heavy atom. The summed E-state index contributed by atoms with van der Waals surface area (Å²) in [6, 6.07) is 9.22. The van der Waals surface area contributed by atoms with Crippen LogP contribution in [0.1, 0.15) is 25.8 Å². The van der Waals surface area contributed by atoms with Gasteiger partial charge < -0.3 is 4.90 Å². The van der Waals surface area contributed by atoms with E-state index < -0.39 is 0 Å². The Bertz CT molecular complexity index is 736. The summed E-state index contributed by atoms with van der Waals surface area (Å²) in [5.41, 5.74) is 2.10. The SMILES string of the molecule is CCN1CCC(N(C)Cc2cc3ccc(SC)cc3nc2Cl)C(C)C1. The highest BCUT2D eigenvalue weighted by atomic mass is 35.5. The number of hydrogen-bond acceptors (Lipinski definition) is 4. The summed E-state index contributed by atoms with van der Waals surface area (Å²) in [7, 11) is 2.22. The topological polar surface area (TPSA) is 19.4 Å². The second-order valence-electron chi connectivity index (χ2n) is 7.14. The van der Waals surface area contributed by atoms with Crippen molar-refractivity contribution in [2.75, 3.05) is 32.9 Å². The van der Waals surface area contributed by atoms with Crippen LogP contribution in [0.2, 0.25) is 5.15 Å². The van der Waals surface area contributed by atoms with Gasteiger partial charge >= 0.3 is 0 Å². The van der Waals surface area contributed by atoms with E-state index in [2.05, 4.69) is 66.2 Å². The van der Waals surface area contributed by atoms with Gasteiger partial charge in [0.25, 0.3) is 0 Å². The Labute approximate surface area is 160 Å². The molecule has 2 heterocycles. The molecule has 5 heteroatoms. The Morgan fingerprint density at radius 3 is 2.84 bits per heavy atom. The summed E-state index contributed by atoms with van der Waals surface area (Å²) in [4.78, 5) is 10.9. The van der Waals surface area contributed by atoms with Gasteiger partial charge in [-0.1, -0.05) is 31.5 Å². The van der Waals surface area contributed by atoms with E-state index in [0.29, 0.717) is 17.1 Å². The smallest absolute Gasteiger partial charge is 0.134 e. The van der Waals surface area contributed by atoms with Gasteiger partial charge in [-0.3, -0.25) is 4.90 Å². The van der Waals surface area contributed by atoms with Crippen LogP contribution in [-0.2, 0) is 6.54 Å². The maximum atomic E-state index is 6.51. The van der Waals surface area contributed by atoms with Gasteiger partial charge in [0.1, 0.15) is 5.15 Å². The third kappa shape index (κ3) is 4.30. The molecule has 3 rings (SSSR count). The minimum absolute atomic E-state index is 0.605. The van der Waals surface area contributed by atoms with Gasteiger partial charge in [-0.15, -0.1) is 11.8 Å². The highest BCUT2D eigenvalue weighted by Crippen LogP contribution is 2.27. The molecule has 2 aromatic rings. The fourth-order valence-corrected chi connectivity index (χ4v) is 4.59. The third-order valence-electron chi connectivity index (χ3n) is 5.43. The van der Waals surface area contributed by atoms with E-state index in [1.165, 1.54) is 29.8 Å². The number of aromatic nitrogens is 1. The lowest BCUT2D eigenvalue weighted by atomic mass is 9.92. The van der Waals surface area contributed by atoms with Gasteiger partial charge in [0.2, 0.25) is 0 Å². The summed E-state index contributed by atoms with van der Waals surface area (Å²) in [6.07, 6.45) is 3.30. The predicted octanol–water partition coefficient (Wildman–Crippen LogP) is 4.77. The van der Waals surface area contributed by atoms with Crippen molar-refractivity contribution in [2.24, 2.45) is 5.92 Å². The second-order valence-corrected chi connectivity index (χ2v) is 8.38. The van der Waals surface area contributed by atoms with Crippen LogP contribution in [0.5, 0.6) is 0 Å². The van der Waals surface area contributed by atoms with E-state index in [1.54, 1.807) is 11.8 Å². The van der Waals surface area contributed by atoms with Crippen molar-refractivity contribution in [3.8, 4) is 0 Å². The molecule has 0 amide bonds. The van der Waals surface area contributed by atoms with Gasteiger partial charge in [-0.05, 0) is 56.9 Å². The first-order chi connectivity index (χ1) is 12.0. The Kier molecular flexibility index (Phi) is 6.26. The molecule has 0 saturated carbocycles. The summed E-state index contributed by atoms with van der Waals surface area (Å²) in [5.74, 6) is 0.676. The lowest BCUT2D eigenvalue weighted by Crippen LogP contribution is -2.48. The standard InChI is InChI=1S/C20H28ClN3S/c1-5-24-9-8-19(14(2)12-24)23(3)13-16-10-15-6-7-17(25-4)11-18(15)22-20(16)21/h6-7,10-11,14,19H,5,8-9,12-13H2,1-4H3. The first kappa shape index (κ1) is 19.0. The first-order valence-corrected chi connectivity index (χ1v) is 10.7. The van der Waals surface area contributed by atoms with Crippen LogP contribution in [0.15, 0.2) is 29.2 Å². The van der Waals surface area contributed by atoms with E-state index in [1.807, 2.05) is 0 Å². The summed E-state index contributed by atoms with van der Waals surface area (Å²) in [5, 5.41) is 1.80. The molecule has 1 aliphatic heterocycles. The van der Waals surface area contributed by atoms with E-state index in [0.717, 1.165) is 24.2 Å². The molecule has 3 nitrogen and oxygen atoms in total. The lowest BCUT2D eigenvalue weighted by Gasteiger charge is -2.41. The summed E-state index contributed by atoms with van der Waals surface area (Å²) in [6.45, 7) is 9.00. The van der Waals surface area contributed by atoms with Crippen molar-refractivity contribution in [1.29, 1.82) is 0 Å². The Morgan fingerprint density at radius 1 is 1.36 bits per heavy atom. The molecule has 0 radical (unpaired) electrons. The van der Waals surface area contributed by atoms with Gasteiger partial charge in [0, 0.05) is 35.0 Å². The molecule has 1 fully saturated rings. The van der Waals surface area contributed by atoms with Gasteiger partial charge in [-0.2, -0.15) is 0 Å². The number of thioether (sulfide) groups is 1. The van der Waals surface area contributed by atoms with Crippen LogP contribution in [0, 0.1) is 5.92 Å². The molecule has 2 unspecified atom stereocenters. The molecule has 2 atom stereocenters. The van der Waals surface area contributed by atoms with E-state index in [-0.39, 0.29) is 0 Å². The fraction of sp³-hybridized carbons (Fsp3) is 0.550. The molecule has 136 valence electrons. The molecule has 0 bridgehead atoms. The number of pyridine rings is 1. The predicted molar refractivity (Wildman–Crippen MR) is 110 cm³/mol. The van der Waals surface area contributed by atoms with Crippen LogP contribution in [0.25, 0.3) is 10.9 Å². The van der Waals surface area contributed by atoms with E-state index >= 15 is 0 Å². The van der Waals surface area contributed by atoms with Crippen LogP contribution in [0.3, 0.4) is 0 Å². The maximum Gasteiger partial charge on any atom is 0.134 e. The zero-order valence-corrected chi connectivity index (χ0v) is 17.2. The lowest BCUT2D eigenvalue weighted by molar-refractivity contribution is 0.0787. The zero-order valence-electron chi connectivity index (χ0n) is 15.6. The van der Waals surface area contributed by atoms with Crippen molar-refractivity contribution < 1.29 is 0 Å². The van der Waals surface area contributed by atoms with Crippen molar-refractivity contribution in [1.82, 2.24) is 14.8 Å². The number of piperidine rings is 1. The van der Waals surface area contributed by atoms with Crippen LogP contribution >= 0.6 is 23.4 Å². The number of benzene rings is 1. The second kappa shape index (κ2) is 8.26. The Balaban J connectivity index is 1.76. The zero-order chi connectivity index (χ0) is 18.0. The summed E-state index contributed by atoms with van der Waals surface area (Å²) >= 11 is 8.24. The van der Waals surface area contributed by atoms with E-state index in [9.17, 15) is 0 Å².